The number of carbonyl (C=O) groups excluding carboxylic acids is 2. The maximum atomic E-state index is 13.1. The monoisotopic (exact) mass is 377 g/mol. The summed E-state index contributed by atoms with van der Waals surface area (Å²) in [6.07, 6.45) is 3.13. The third-order valence-corrected chi connectivity index (χ3v) is 5.20. The van der Waals surface area contributed by atoms with Gasteiger partial charge in [0.05, 0.1) is 5.02 Å². The molecule has 1 fully saturated rings. The Bertz CT molecular complexity index is 818. The molecule has 1 aromatic carbocycles. The van der Waals surface area contributed by atoms with Crippen LogP contribution in [0.5, 0.6) is 0 Å². The zero-order valence-electron chi connectivity index (χ0n) is 14.9. The Balaban J connectivity index is 1.81. The van der Waals surface area contributed by atoms with Crippen LogP contribution in [0.2, 0.25) is 5.02 Å². The number of likely N-dealkylation sites (tertiary alicyclic amines) is 1. The Morgan fingerprint density at radius 1 is 1.38 bits per heavy atom. The van der Waals surface area contributed by atoms with E-state index in [0.717, 1.165) is 30.2 Å². The van der Waals surface area contributed by atoms with Crippen molar-refractivity contribution in [1.82, 2.24) is 10.2 Å². The summed E-state index contributed by atoms with van der Waals surface area (Å²) in [6, 6.07) is 5.45. The number of hydrogen-bond donors (Lipinski definition) is 2. The topological polar surface area (TPSA) is 88.6 Å². The van der Waals surface area contributed by atoms with Crippen LogP contribution in [0, 0.1) is 6.92 Å². The van der Waals surface area contributed by atoms with E-state index in [-0.39, 0.29) is 17.9 Å². The lowest BCUT2D eigenvalue weighted by Gasteiger charge is -2.35. The molecule has 0 saturated carbocycles. The minimum atomic E-state index is -0.146. The van der Waals surface area contributed by atoms with E-state index in [2.05, 4.69) is 5.32 Å². The van der Waals surface area contributed by atoms with Crippen LogP contribution in [-0.2, 0) is 4.79 Å². The number of furan rings is 1. The predicted octanol–water partition coefficient (Wildman–Crippen LogP) is 2.85. The number of nitrogens with one attached hydrogen (secondary N) is 1. The van der Waals surface area contributed by atoms with Gasteiger partial charge in [-0.25, -0.2) is 0 Å². The van der Waals surface area contributed by atoms with Crippen LogP contribution in [0.4, 0.5) is 0 Å². The molecule has 1 aliphatic heterocycles. The molecule has 2 amide bonds. The number of hydrogen-bond acceptors (Lipinski definition) is 4. The van der Waals surface area contributed by atoms with Crippen LogP contribution in [0.15, 0.2) is 22.6 Å². The second kappa shape index (κ2) is 8.10. The van der Waals surface area contributed by atoms with Crippen molar-refractivity contribution >= 4 is 34.4 Å². The molecule has 1 saturated heterocycles. The average Bonchev–Trinajstić information content (AvgIpc) is 2.98. The molecular formula is C19H24ClN3O3. The summed E-state index contributed by atoms with van der Waals surface area (Å²) in [6.45, 7) is 3.28. The van der Waals surface area contributed by atoms with E-state index >= 15 is 0 Å². The minimum Gasteiger partial charge on any atom is -0.449 e. The molecule has 3 N–H and O–H groups in total. The molecule has 1 aliphatic rings. The first-order valence-corrected chi connectivity index (χ1v) is 9.36. The van der Waals surface area contributed by atoms with E-state index in [0.29, 0.717) is 42.4 Å². The largest absolute Gasteiger partial charge is 0.449 e. The zero-order valence-corrected chi connectivity index (χ0v) is 15.6. The third kappa shape index (κ3) is 3.71. The molecule has 2 aromatic rings. The van der Waals surface area contributed by atoms with Gasteiger partial charge in [0.2, 0.25) is 5.91 Å². The van der Waals surface area contributed by atoms with Crippen molar-refractivity contribution in [1.29, 1.82) is 0 Å². The van der Waals surface area contributed by atoms with Gasteiger partial charge < -0.3 is 20.4 Å². The highest BCUT2D eigenvalue weighted by molar-refractivity contribution is 6.35. The molecule has 3 rings (SSSR count). The second-order valence-electron chi connectivity index (χ2n) is 6.66. The molecule has 0 aliphatic carbocycles. The number of halogens is 1. The smallest absolute Gasteiger partial charge is 0.290 e. The van der Waals surface area contributed by atoms with E-state index in [9.17, 15) is 9.59 Å². The first-order valence-electron chi connectivity index (χ1n) is 8.98. The van der Waals surface area contributed by atoms with E-state index in [1.54, 1.807) is 6.07 Å². The van der Waals surface area contributed by atoms with Gasteiger partial charge in [-0.15, -0.1) is 0 Å². The van der Waals surface area contributed by atoms with Crippen molar-refractivity contribution in [3.8, 4) is 0 Å². The van der Waals surface area contributed by atoms with Gasteiger partial charge in [-0.1, -0.05) is 23.7 Å². The first-order chi connectivity index (χ1) is 12.5. The number of amides is 2. The van der Waals surface area contributed by atoms with Crippen LogP contribution < -0.4 is 11.1 Å². The number of para-hydroxylation sites is 1. The lowest BCUT2D eigenvalue weighted by molar-refractivity contribution is -0.121. The molecule has 1 unspecified atom stereocenters. The molecule has 1 aromatic heterocycles. The highest BCUT2D eigenvalue weighted by Crippen LogP contribution is 2.32. The zero-order chi connectivity index (χ0) is 18.7. The van der Waals surface area contributed by atoms with E-state index in [4.69, 9.17) is 21.8 Å². The standard InChI is InChI=1S/C19H24ClN3O3/c1-12-14-6-4-7-15(20)18(14)26-17(12)19(25)23-10-3-2-5-13(23)11-22-16(24)8-9-21/h4,6-7,13H,2-3,5,8-11,21H2,1H3,(H,22,24). The van der Waals surface area contributed by atoms with Gasteiger partial charge in [-0.2, -0.15) is 0 Å². The number of carbonyl (C=O) groups is 2. The van der Waals surface area contributed by atoms with Crippen molar-refractivity contribution in [2.75, 3.05) is 19.6 Å². The summed E-state index contributed by atoms with van der Waals surface area (Å²) < 4.78 is 5.83. The number of nitrogens with zero attached hydrogens (tertiary/aromatic N) is 1. The lowest BCUT2D eigenvalue weighted by Crippen LogP contribution is -2.49. The quantitative estimate of drug-likeness (QED) is 0.838. The minimum absolute atomic E-state index is 0.0407. The van der Waals surface area contributed by atoms with Crippen molar-refractivity contribution in [2.24, 2.45) is 5.73 Å². The SMILES string of the molecule is Cc1c(C(=O)N2CCCCC2CNC(=O)CCN)oc2c(Cl)cccc12. The number of fused-ring (bicyclic) bond motifs is 1. The Hall–Kier alpha value is -2.05. The van der Waals surface area contributed by atoms with E-state index in [1.807, 2.05) is 24.0 Å². The first kappa shape index (κ1) is 18.7. The Morgan fingerprint density at radius 3 is 2.92 bits per heavy atom. The van der Waals surface area contributed by atoms with Crippen LogP contribution in [-0.4, -0.2) is 42.4 Å². The molecule has 7 heteroatoms. The van der Waals surface area contributed by atoms with Crippen LogP contribution >= 0.6 is 11.6 Å². The fourth-order valence-electron chi connectivity index (χ4n) is 3.47. The van der Waals surface area contributed by atoms with Crippen molar-refractivity contribution in [2.45, 2.75) is 38.6 Å². The normalized spacial score (nSPS) is 17.5. The van der Waals surface area contributed by atoms with Crippen molar-refractivity contribution < 1.29 is 14.0 Å². The van der Waals surface area contributed by atoms with E-state index < -0.39 is 0 Å². The fraction of sp³-hybridized carbons (Fsp3) is 0.474. The van der Waals surface area contributed by atoms with E-state index in [1.165, 1.54) is 0 Å². The van der Waals surface area contributed by atoms with Crippen LogP contribution in [0.1, 0.15) is 41.8 Å². The average molecular weight is 378 g/mol. The van der Waals surface area contributed by atoms with Gasteiger partial charge in [0.1, 0.15) is 0 Å². The molecule has 26 heavy (non-hydrogen) atoms. The fourth-order valence-corrected chi connectivity index (χ4v) is 3.69. The number of benzene rings is 1. The van der Waals surface area contributed by atoms with Gasteiger partial charge in [0.25, 0.3) is 5.91 Å². The maximum Gasteiger partial charge on any atom is 0.290 e. The second-order valence-corrected chi connectivity index (χ2v) is 7.07. The highest BCUT2D eigenvalue weighted by atomic mass is 35.5. The van der Waals surface area contributed by atoms with Gasteiger partial charge >= 0.3 is 0 Å². The molecule has 6 nitrogen and oxygen atoms in total. The Labute approximate surface area is 157 Å². The number of nitrogens with two attached hydrogens (primary N) is 1. The summed E-state index contributed by atoms with van der Waals surface area (Å²) in [7, 11) is 0. The van der Waals surface area contributed by atoms with Crippen molar-refractivity contribution in [3.63, 3.8) is 0 Å². The Kier molecular flexibility index (Phi) is 5.84. The van der Waals surface area contributed by atoms with Crippen molar-refractivity contribution in [3.05, 3.63) is 34.5 Å². The number of aryl methyl sites for hydroxylation is 1. The van der Waals surface area contributed by atoms with Gasteiger partial charge in [0.15, 0.2) is 11.3 Å². The molecular weight excluding hydrogens is 354 g/mol. The number of piperidine rings is 1. The summed E-state index contributed by atoms with van der Waals surface area (Å²) in [4.78, 5) is 26.7. The summed E-state index contributed by atoms with van der Waals surface area (Å²) in [5, 5.41) is 4.22. The molecule has 1 atom stereocenters. The van der Waals surface area contributed by atoms with Gasteiger partial charge in [-0.05, 0) is 32.3 Å². The van der Waals surface area contributed by atoms with Crippen LogP contribution in [0.25, 0.3) is 11.0 Å². The highest BCUT2D eigenvalue weighted by Gasteiger charge is 2.31. The van der Waals surface area contributed by atoms with Gasteiger partial charge in [0, 0.05) is 43.0 Å². The third-order valence-electron chi connectivity index (χ3n) is 4.90. The molecule has 140 valence electrons. The molecule has 0 spiro atoms. The molecule has 0 bridgehead atoms. The predicted molar refractivity (Wildman–Crippen MR) is 101 cm³/mol. The maximum absolute atomic E-state index is 13.1. The molecule has 0 radical (unpaired) electrons. The van der Waals surface area contributed by atoms with Crippen LogP contribution in [0.3, 0.4) is 0 Å². The molecule has 2 heterocycles. The summed E-state index contributed by atoms with van der Waals surface area (Å²) in [5.41, 5.74) is 6.74. The number of rotatable bonds is 5. The van der Waals surface area contributed by atoms with Gasteiger partial charge in [-0.3, -0.25) is 9.59 Å². The Morgan fingerprint density at radius 2 is 2.19 bits per heavy atom. The summed E-state index contributed by atoms with van der Waals surface area (Å²) >= 11 is 6.20. The summed E-state index contributed by atoms with van der Waals surface area (Å²) in [5.74, 6) is 0.0954. The lowest BCUT2D eigenvalue weighted by atomic mass is 10.0.